The standard InChI is InChI=1S/C8H17NO/c1-6(2)7(10)8(5-9)3-4-8/h6-7,10H,3-5,9H2,1-2H3/t7-/m0/s1. The fourth-order valence-electron chi connectivity index (χ4n) is 1.49. The van der Waals surface area contributed by atoms with Gasteiger partial charge in [-0.05, 0) is 18.8 Å². The second kappa shape index (κ2) is 2.51. The lowest BCUT2D eigenvalue weighted by Crippen LogP contribution is -2.33. The summed E-state index contributed by atoms with van der Waals surface area (Å²) in [7, 11) is 0. The molecule has 60 valence electrons. The number of aliphatic hydroxyl groups excluding tert-OH is 1. The molecule has 1 saturated carbocycles. The Balaban J connectivity index is 2.47. The van der Waals surface area contributed by atoms with E-state index in [9.17, 15) is 5.11 Å². The quantitative estimate of drug-likeness (QED) is 0.612. The SMILES string of the molecule is CC(C)[C@H](O)C1(CN)CC1. The van der Waals surface area contributed by atoms with Crippen molar-refractivity contribution >= 4 is 0 Å². The molecule has 1 aliphatic rings. The molecule has 0 aliphatic heterocycles. The van der Waals surface area contributed by atoms with Crippen LogP contribution in [0.25, 0.3) is 0 Å². The third-order valence-corrected chi connectivity index (χ3v) is 2.56. The van der Waals surface area contributed by atoms with Crippen LogP contribution in [0.4, 0.5) is 0 Å². The van der Waals surface area contributed by atoms with Gasteiger partial charge < -0.3 is 10.8 Å². The van der Waals surface area contributed by atoms with Crippen molar-refractivity contribution in [3.05, 3.63) is 0 Å². The lowest BCUT2D eigenvalue weighted by Gasteiger charge is -2.23. The van der Waals surface area contributed by atoms with E-state index in [1.54, 1.807) is 0 Å². The summed E-state index contributed by atoms with van der Waals surface area (Å²) in [5, 5.41) is 9.64. The minimum Gasteiger partial charge on any atom is -0.392 e. The average Bonchev–Trinajstić information content (AvgIpc) is 2.66. The summed E-state index contributed by atoms with van der Waals surface area (Å²) in [5.41, 5.74) is 5.65. The number of hydrogen-bond donors (Lipinski definition) is 2. The van der Waals surface area contributed by atoms with Crippen LogP contribution in [0.2, 0.25) is 0 Å². The highest BCUT2D eigenvalue weighted by Crippen LogP contribution is 2.49. The topological polar surface area (TPSA) is 46.2 Å². The molecule has 2 nitrogen and oxygen atoms in total. The van der Waals surface area contributed by atoms with E-state index in [-0.39, 0.29) is 11.5 Å². The fraction of sp³-hybridized carbons (Fsp3) is 1.00. The van der Waals surface area contributed by atoms with Crippen LogP contribution in [-0.2, 0) is 0 Å². The second-order valence-electron chi connectivity index (χ2n) is 3.76. The number of nitrogens with two attached hydrogens (primary N) is 1. The van der Waals surface area contributed by atoms with Crippen molar-refractivity contribution in [2.24, 2.45) is 17.1 Å². The summed E-state index contributed by atoms with van der Waals surface area (Å²) in [6.45, 7) is 4.73. The Labute approximate surface area is 62.4 Å². The molecule has 0 heterocycles. The van der Waals surface area contributed by atoms with Gasteiger partial charge in [-0.1, -0.05) is 13.8 Å². The van der Waals surface area contributed by atoms with E-state index in [0.717, 1.165) is 12.8 Å². The fourth-order valence-corrected chi connectivity index (χ4v) is 1.49. The van der Waals surface area contributed by atoms with Crippen molar-refractivity contribution in [1.82, 2.24) is 0 Å². The first-order valence-corrected chi connectivity index (χ1v) is 4.00. The van der Waals surface area contributed by atoms with E-state index >= 15 is 0 Å². The first-order valence-electron chi connectivity index (χ1n) is 4.00. The number of rotatable bonds is 3. The Morgan fingerprint density at radius 2 is 2.00 bits per heavy atom. The average molecular weight is 143 g/mol. The van der Waals surface area contributed by atoms with Gasteiger partial charge in [0.25, 0.3) is 0 Å². The Morgan fingerprint density at radius 3 is 2.10 bits per heavy atom. The van der Waals surface area contributed by atoms with Crippen LogP contribution in [0.1, 0.15) is 26.7 Å². The zero-order valence-corrected chi connectivity index (χ0v) is 6.80. The molecule has 0 bridgehead atoms. The van der Waals surface area contributed by atoms with Crippen molar-refractivity contribution in [3.63, 3.8) is 0 Å². The summed E-state index contributed by atoms with van der Waals surface area (Å²) in [5.74, 6) is 0.353. The van der Waals surface area contributed by atoms with Gasteiger partial charge in [-0.15, -0.1) is 0 Å². The van der Waals surface area contributed by atoms with E-state index in [0.29, 0.717) is 12.5 Å². The number of aliphatic hydroxyl groups is 1. The molecule has 0 unspecified atom stereocenters. The van der Waals surface area contributed by atoms with Crippen LogP contribution < -0.4 is 5.73 Å². The summed E-state index contributed by atoms with van der Waals surface area (Å²) in [6.07, 6.45) is 2.04. The molecule has 0 spiro atoms. The van der Waals surface area contributed by atoms with Crippen LogP contribution in [0.15, 0.2) is 0 Å². The summed E-state index contributed by atoms with van der Waals surface area (Å²) >= 11 is 0. The van der Waals surface area contributed by atoms with Crippen LogP contribution in [0.3, 0.4) is 0 Å². The first-order chi connectivity index (χ1) is 4.62. The normalized spacial score (nSPS) is 24.9. The van der Waals surface area contributed by atoms with Crippen molar-refractivity contribution in [3.8, 4) is 0 Å². The Hall–Kier alpha value is -0.0800. The predicted molar refractivity (Wildman–Crippen MR) is 41.6 cm³/mol. The molecular weight excluding hydrogens is 126 g/mol. The highest BCUT2D eigenvalue weighted by molar-refractivity contribution is 5.00. The molecule has 1 atom stereocenters. The van der Waals surface area contributed by atoms with Crippen LogP contribution in [0, 0.1) is 11.3 Å². The van der Waals surface area contributed by atoms with Crippen LogP contribution in [-0.4, -0.2) is 17.8 Å². The summed E-state index contributed by atoms with van der Waals surface area (Å²) in [4.78, 5) is 0. The maximum Gasteiger partial charge on any atom is 0.0631 e. The van der Waals surface area contributed by atoms with E-state index in [2.05, 4.69) is 0 Å². The van der Waals surface area contributed by atoms with Gasteiger partial charge in [0.2, 0.25) is 0 Å². The van der Waals surface area contributed by atoms with Gasteiger partial charge in [-0.25, -0.2) is 0 Å². The summed E-state index contributed by atoms with van der Waals surface area (Å²) in [6, 6.07) is 0. The highest BCUT2D eigenvalue weighted by atomic mass is 16.3. The molecule has 0 aromatic heterocycles. The zero-order valence-electron chi connectivity index (χ0n) is 6.80. The Bertz CT molecular complexity index is 118. The van der Waals surface area contributed by atoms with E-state index < -0.39 is 0 Å². The predicted octanol–water partition coefficient (Wildman–Crippen LogP) is 0.742. The lowest BCUT2D eigenvalue weighted by molar-refractivity contribution is 0.0547. The third-order valence-electron chi connectivity index (χ3n) is 2.56. The van der Waals surface area contributed by atoms with Gasteiger partial charge in [0, 0.05) is 12.0 Å². The largest absolute Gasteiger partial charge is 0.392 e. The van der Waals surface area contributed by atoms with Crippen molar-refractivity contribution in [1.29, 1.82) is 0 Å². The van der Waals surface area contributed by atoms with Gasteiger partial charge in [0.05, 0.1) is 6.10 Å². The summed E-state index contributed by atoms with van der Waals surface area (Å²) < 4.78 is 0. The Morgan fingerprint density at radius 1 is 1.50 bits per heavy atom. The molecule has 2 heteroatoms. The molecule has 1 rings (SSSR count). The first kappa shape index (κ1) is 8.02. The van der Waals surface area contributed by atoms with Gasteiger partial charge >= 0.3 is 0 Å². The van der Waals surface area contributed by atoms with E-state index in [4.69, 9.17) is 5.73 Å². The second-order valence-corrected chi connectivity index (χ2v) is 3.76. The zero-order chi connectivity index (χ0) is 7.78. The maximum absolute atomic E-state index is 9.64. The molecule has 0 aromatic rings. The van der Waals surface area contributed by atoms with Crippen molar-refractivity contribution < 1.29 is 5.11 Å². The minimum absolute atomic E-state index is 0.105. The molecule has 0 aromatic carbocycles. The third kappa shape index (κ3) is 1.18. The monoisotopic (exact) mass is 143 g/mol. The van der Waals surface area contributed by atoms with Crippen molar-refractivity contribution in [2.45, 2.75) is 32.8 Å². The maximum atomic E-state index is 9.64. The van der Waals surface area contributed by atoms with Gasteiger partial charge in [0.15, 0.2) is 0 Å². The van der Waals surface area contributed by atoms with E-state index in [1.165, 1.54) is 0 Å². The van der Waals surface area contributed by atoms with Crippen molar-refractivity contribution in [2.75, 3.05) is 6.54 Å². The lowest BCUT2D eigenvalue weighted by atomic mass is 9.91. The van der Waals surface area contributed by atoms with Crippen LogP contribution in [0.5, 0.6) is 0 Å². The van der Waals surface area contributed by atoms with Gasteiger partial charge in [0.1, 0.15) is 0 Å². The molecule has 1 fully saturated rings. The van der Waals surface area contributed by atoms with Crippen LogP contribution >= 0.6 is 0 Å². The molecule has 0 amide bonds. The molecule has 3 N–H and O–H groups in total. The van der Waals surface area contributed by atoms with Gasteiger partial charge in [-0.3, -0.25) is 0 Å². The molecular formula is C8H17NO. The molecule has 1 aliphatic carbocycles. The number of hydrogen-bond acceptors (Lipinski definition) is 2. The Kier molecular flexibility index (Phi) is 2.02. The molecule has 0 radical (unpaired) electrons. The molecule has 10 heavy (non-hydrogen) atoms. The van der Waals surface area contributed by atoms with Gasteiger partial charge in [-0.2, -0.15) is 0 Å². The molecule has 0 saturated heterocycles. The van der Waals surface area contributed by atoms with E-state index in [1.807, 2.05) is 13.8 Å². The highest BCUT2D eigenvalue weighted by Gasteiger charge is 2.48. The smallest absolute Gasteiger partial charge is 0.0631 e. The minimum atomic E-state index is -0.183.